The molecule has 0 saturated heterocycles. The van der Waals surface area contributed by atoms with Crippen LogP contribution in [0.4, 0.5) is 0 Å². The average molecular weight is 266 g/mol. The fourth-order valence-electron chi connectivity index (χ4n) is 1.65. The number of ketones is 1. The number of ether oxygens (including phenoxy) is 1. The number of rotatable bonds is 6. The van der Waals surface area contributed by atoms with Gasteiger partial charge in [0.05, 0.1) is 7.11 Å². The Hall–Kier alpha value is -1.29. The fraction of sp³-hybridized carbons (Fsp3) is 0.429. The van der Waals surface area contributed by atoms with Crippen LogP contribution in [0, 0.1) is 5.92 Å². The number of carbonyl (C=O) groups excluding carboxylic acids is 2. The summed E-state index contributed by atoms with van der Waals surface area (Å²) in [7, 11) is 1.36. The zero-order valence-corrected chi connectivity index (χ0v) is 11.8. The van der Waals surface area contributed by atoms with Gasteiger partial charge in [0.25, 0.3) is 0 Å². The maximum absolute atomic E-state index is 12.0. The van der Waals surface area contributed by atoms with Crippen LogP contribution in [-0.4, -0.2) is 25.1 Å². The molecule has 1 aromatic rings. The van der Waals surface area contributed by atoms with Crippen molar-refractivity contribution in [1.82, 2.24) is 0 Å². The first-order valence-corrected chi connectivity index (χ1v) is 7.03. The topological polar surface area (TPSA) is 43.4 Å². The van der Waals surface area contributed by atoms with Crippen molar-refractivity contribution in [3.05, 3.63) is 29.8 Å². The van der Waals surface area contributed by atoms with E-state index in [1.807, 2.05) is 37.4 Å². The lowest BCUT2D eigenvalue weighted by atomic mass is 9.97. The summed E-state index contributed by atoms with van der Waals surface area (Å²) in [6, 6.07) is 7.53. The minimum absolute atomic E-state index is 0.00479. The number of hydrogen-bond acceptors (Lipinski definition) is 4. The molecule has 0 aromatic heterocycles. The normalized spacial score (nSPS) is 11.9. The maximum Gasteiger partial charge on any atom is 0.305 e. The highest BCUT2D eigenvalue weighted by Crippen LogP contribution is 2.18. The van der Waals surface area contributed by atoms with Gasteiger partial charge in [0, 0.05) is 23.3 Å². The molecule has 0 bridgehead atoms. The Morgan fingerprint density at radius 3 is 2.33 bits per heavy atom. The zero-order chi connectivity index (χ0) is 13.5. The molecule has 1 rings (SSSR count). The first kappa shape index (κ1) is 14.8. The van der Waals surface area contributed by atoms with E-state index >= 15 is 0 Å². The van der Waals surface area contributed by atoms with Crippen LogP contribution in [-0.2, 0) is 9.53 Å². The number of methoxy groups -OCH3 is 1. The van der Waals surface area contributed by atoms with Crippen molar-refractivity contribution < 1.29 is 14.3 Å². The van der Waals surface area contributed by atoms with E-state index in [1.165, 1.54) is 7.11 Å². The van der Waals surface area contributed by atoms with Crippen LogP contribution in [0.1, 0.15) is 30.1 Å². The first-order chi connectivity index (χ1) is 8.56. The van der Waals surface area contributed by atoms with Gasteiger partial charge >= 0.3 is 5.97 Å². The first-order valence-electron chi connectivity index (χ1n) is 5.81. The van der Waals surface area contributed by atoms with Crippen LogP contribution >= 0.6 is 11.8 Å². The smallest absolute Gasteiger partial charge is 0.305 e. The second-order valence-electron chi connectivity index (χ2n) is 4.24. The van der Waals surface area contributed by atoms with Gasteiger partial charge in [-0.25, -0.2) is 0 Å². The van der Waals surface area contributed by atoms with Crippen molar-refractivity contribution in [2.24, 2.45) is 5.92 Å². The summed E-state index contributed by atoms with van der Waals surface area (Å²) in [6.07, 6.45) is 2.65. The van der Waals surface area contributed by atoms with E-state index in [2.05, 4.69) is 4.74 Å². The van der Waals surface area contributed by atoms with E-state index < -0.39 is 0 Å². The number of benzene rings is 1. The van der Waals surface area contributed by atoms with Crippen molar-refractivity contribution in [2.45, 2.75) is 24.7 Å². The Bertz CT molecular complexity index is 412. The van der Waals surface area contributed by atoms with Gasteiger partial charge in [-0.05, 0) is 24.3 Å². The van der Waals surface area contributed by atoms with Crippen LogP contribution in [0.25, 0.3) is 0 Å². The SMILES string of the molecule is COC(=O)C[C@@H](C)CC(=O)c1ccc(SC)cc1. The predicted octanol–water partition coefficient (Wildman–Crippen LogP) is 3.18. The third-order valence-corrected chi connectivity index (χ3v) is 3.43. The van der Waals surface area contributed by atoms with Crippen LogP contribution in [0.3, 0.4) is 0 Å². The molecule has 0 amide bonds. The van der Waals surface area contributed by atoms with Gasteiger partial charge in [-0.1, -0.05) is 19.1 Å². The summed E-state index contributed by atoms with van der Waals surface area (Å²) in [6.45, 7) is 1.88. The van der Waals surface area contributed by atoms with Crippen molar-refractivity contribution in [3.8, 4) is 0 Å². The third kappa shape index (κ3) is 4.53. The number of hydrogen-bond donors (Lipinski definition) is 0. The summed E-state index contributed by atoms with van der Waals surface area (Å²) in [5.74, 6) is -0.197. The molecule has 3 nitrogen and oxygen atoms in total. The van der Waals surface area contributed by atoms with Crippen LogP contribution in [0.2, 0.25) is 0 Å². The van der Waals surface area contributed by atoms with Crippen molar-refractivity contribution in [3.63, 3.8) is 0 Å². The molecule has 1 atom stereocenters. The monoisotopic (exact) mass is 266 g/mol. The summed E-state index contributed by atoms with van der Waals surface area (Å²) in [4.78, 5) is 24.2. The molecule has 4 heteroatoms. The lowest BCUT2D eigenvalue weighted by Gasteiger charge is -2.09. The molecule has 0 unspecified atom stereocenters. The summed E-state index contributed by atoms with van der Waals surface area (Å²) in [5.41, 5.74) is 0.699. The Balaban J connectivity index is 2.56. The molecule has 0 aliphatic rings. The highest BCUT2D eigenvalue weighted by Gasteiger charge is 2.14. The Kier molecular flexibility index (Phi) is 5.92. The summed E-state index contributed by atoms with van der Waals surface area (Å²) >= 11 is 1.64. The van der Waals surface area contributed by atoms with Gasteiger partial charge in [-0.2, -0.15) is 0 Å². The molecule has 0 N–H and O–H groups in total. The molecule has 0 fully saturated rings. The molecular weight excluding hydrogens is 248 g/mol. The molecule has 18 heavy (non-hydrogen) atoms. The molecule has 0 radical (unpaired) electrons. The molecule has 0 heterocycles. The lowest BCUT2D eigenvalue weighted by molar-refractivity contribution is -0.141. The predicted molar refractivity (Wildman–Crippen MR) is 73.0 cm³/mol. The molecule has 98 valence electrons. The standard InChI is InChI=1S/C14H18O3S/c1-10(9-14(16)17-2)8-13(15)11-4-6-12(18-3)7-5-11/h4-7,10H,8-9H2,1-3H3/t10-/m0/s1. The number of Topliss-reactive ketones (excluding diaryl/α,β-unsaturated/α-hetero) is 1. The van der Waals surface area contributed by atoms with Crippen LogP contribution in [0.15, 0.2) is 29.2 Å². The second kappa shape index (κ2) is 7.21. The van der Waals surface area contributed by atoms with E-state index in [0.29, 0.717) is 12.0 Å². The highest BCUT2D eigenvalue weighted by atomic mass is 32.2. The van der Waals surface area contributed by atoms with Crippen molar-refractivity contribution in [2.75, 3.05) is 13.4 Å². The number of thioether (sulfide) groups is 1. The van der Waals surface area contributed by atoms with Gasteiger partial charge in [0.1, 0.15) is 0 Å². The fourth-order valence-corrected chi connectivity index (χ4v) is 2.06. The van der Waals surface area contributed by atoms with Gasteiger partial charge in [-0.3, -0.25) is 9.59 Å². The minimum atomic E-state index is -0.270. The van der Waals surface area contributed by atoms with Crippen molar-refractivity contribution in [1.29, 1.82) is 0 Å². The average Bonchev–Trinajstić information content (AvgIpc) is 2.38. The third-order valence-electron chi connectivity index (χ3n) is 2.69. The lowest BCUT2D eigenvalue weighted by Crippen LogP contribution is -2.11. The van der Waals surface area contributed by atoms with Gasteiger partial charge in [0.15, 0.2) is 5.78 Å². The second-order valence-corrected chi connectivity index (χ2v) is 5.12. The van der Waals surface area contributed by atoms with E-state index in [4.69, 9.17) is 0 Å². The molecule has 0 spiro atoms. The Morgan fingerprint density at radius 2 is 1.83 bits per heavy atom. The highest BCUT2D eigenvalue weighted by molar-refractivity contribution is 7.98. The quantitative estimate of drug-likeness (QED) is 0.450. The minimum Gasteiger partial charge on any atom is -0.469 e. The Labute approximate surface area is 112 Å². The van der Waals surface area contributed by atoms with Crippen molar-refractivity contribution >= 4 is 23.5 Å². The summed E-state index contributed by atoms with van der Waals surface area (Å²) in [5, 5.41) is 0. The molecule has 0 saturated carbocycles. The maximum atomic E-state index is 12.0. The van der Waals surface area contributed by atoms with E-state index in [9.17, 15) is 9.59 Å². The summed E-state index contributed by atoms with van der Waals surface area (Å²) < 4.78 is 4.59. The van der Waals surface area contributed by atoms with E-state index in [1.54, 1.807) is 11.8 Å². The molecule has 1 aromatic carbocycles. The van der Waals surface area contributed by atoms with E-state index in [0.717, 1.165) is 4.90 Å². The molecule has 0 aliphatic heterocycles. The van der Waals surface area contributed by atoms with Gasteiger partial charge < -0.3 is 4.74 Å². The van der Waals surface area contributed by atoms with Gasteiger partial charge in [0.2, 0.25) is 0 Å². The zero-order valence-electron chi connectivity index (χ0n) is 10.9. The molecule has 0 aliphatic carbocycles. The van der Waals surface area contributed by atoms with E-state index in [-0.39, 0.29) is 24.1 Å². The largest absolute Gasteiger partial charge is 0.469 e. The van der Waals surface area contributed by atoms with Crippen LogP contribution < -0.4 is 0 Å². The molecular formula is C14H18O3S. The van der Waals surface area contributed by atoms with Gasteiger partial charge in [-0.15, -0.1) is 11.8 Å². The Morgan fingerprint density at radius 1 is 1.22 bits per heavy atom. The number of carbonyl (C=O) groups is 2. The van der Waals surface area contributed by atoms with Crippen LogP contribution in [0.5, 0.6) is 0 Å². The number of esters is 1.